The lowest BCUT2D eigenvalue weighted by Gasteiger charge is -2.40. The first kappa shape index (κ1) is 54.4. The van der Waals surface area contributed by atoms with Gasteiger partial charge in [-0.25, -0.2) is 0 Å². The molecule has 6 atom stereocenters. The predicted octanol–water partition coefficient (Wildman–Crippen LogP) is 8.95. The van der Waals surface area contributed by atoms with Crippen LogP contribution in [0.2, 0.25) is 0 Å². The van der Waals surface area contributed by atoms with Crippen molar-refractivity contribution in [2.75, 3.05) is 19.0 Å². The molecule has 1 rings (SSSR count). The van der Waals surface area contributed by atoms with Gasteiger partial charge < -0.3 is 34.3 Å². The lowest BCUT2D eigenvalue weighted by molar-refractivity contribution is -0.297. The number of unbranched alkanes of at least 4 members (excludes halogenated alkanes) is 14. The van der Waals surface area contributed by atoms with E-state index in [0.717, 1.165) is 64.2 Å². The normalized spacial score (nSPS) is 20.8. The lowest BCUT2D eigenvalue weighted by Crippen LogP contribution is -2.60. The Hall–Kier alpha value is -2.65. The Kier molecular flexibility index (Phi) is 33.2. The largest absolute Gasteiger partial charge is 0.462 e. The number of rotatable bonds is 36. The zero-order valence-electron chi connectivity index (χ0n) is 36.1. The van der Waals surface area contributed by atoms with E-state index in [4.69, 9.17) is 18.9 Å². The highest BCUT2D eigenvalue weighted by molar-refractivity contribution is 7.85. The highest BCUT2D eigenvalue weighted by Gasteiger charge is 2.46. The molecule has 340 valence electrons. The number of aliphatic hydroxyl groups is 3. The molecule has 12 nitrogen and oxygen atoms in total. The summed E-state index contributed by atoms with van der Waals surface area (Å²) in [6, 6.07) is 0. The molecule has 0 aromatic heterocycles. The van der Waals surface area contributed by atoms with Gasteiger partial charge in [0, 0.05) is 12.8 Å². The highest BCUT2D eigenvalue weighted by atomic mass is 32.2. The fourth-order valence-electron chi connectivity index (χ4n) is 6.30. The van der Waals surface area contributed by atoms with Crippen molar-refractivity contribution >= 4 is 22.1 Å². The van der Waals surface area contributed by atoms with Gasteiger partial charge in [-0.3, -0.25) is 14.1 Å². The van der Waals surface area contributed by atoms with Crippen molar-refractivity contribution in [3.8, 4) is 0 Å². The second-order valence-corrected chi connectivity index (χ2v) is 16.9. The van der Waals surface area contributed by atoms with Crippen LogP contribution < -0.4 is 0 Å². The number of allylic oxidation sites excluding steroid dienone is 10. The molecule has 0 amide bonds. The van der Waals surface area contributed by atoms with Crippen LogP contribution in [0.5, 0.6) is 0 Å². The van der Waals surface area contributed by atoms with Gasteiger partial charge in [0.25, 0.3) is 10.1 Å². The summed E-state index contributed by atoms with van der Waals surface area (Å²) in [5.74, 6) is -2.08. The van der Waals surface area contributed by atoms with Crippen molar-refractivity contribution in [2.24, 2.45) is 0 Å². The molecule has 4 N–H and O–H groups in total. The van der Waals surface area contributed by atoms with Gasteiger partial charge in [0.2, 0.25) is 0 Å². The smallest absolute Gasteiger partial charge is 0.306 e. The van der Waals surface area contributed by atoms with E-state index in [2.05, 4.69) is 62.5 Å². The highest BCUT2D eigenvalue weighted by Crippen LogP contribution is 2.24. The van der Waals surface area contributed by atoms with E-state index in [1.165, 1.54) is 51.4 Å². The van der Waals surface area contributed by atoms with E-state index < -0.39 is 71.2 Å². The van der Waals surface area contributed by atoms with Crippen molar-refractivity contribution in [1.82, 2.24) is 0 Å². The molecule has 0 spiro atoms. The molecule has 1 aliphatic rings. The number of hydrogen-bond donors (Lipinski definition) is 4. The summed E-state index contributed by atoms with van der Waals surface area (Å²) in [6.45, 7) is 3.64. The SMILES string of the molecule is CCCC/C=C/C/C=C/CCCCCCCC(=O)OC[C@H](CO[C@H]1O[C@H](CS(=O)(=O)O)[C@@H](O)C(O)C1O)OC(=O)CCC/C=C/C/C=C/C/C=C/CCCCCCCC. The Morgan fingerprint density at radius 3 is 1.61 bits per heavy atom. The van der Waals surface area contributed by atoms with Crippen molar-refractivity contribution in [3.05, 3.63) is 60.8 Å². The predicted molar refractivity (Wildman–Crippen MR) is 233 cm³/mol. The number of carbonyl (C=O) groups is 2. The first-order valence-electron chi connectivity index (χ1n) is 22.3. The van der Waals surface area contributed by atoms with Crippen LogP contribution in [0.3, 0.4) is 0 Å². The number of aliphatic hydroxyl groups excluding tert-OH is 3. The summed E-state index contributed by atoms with van der Waals surface area (Å²) < 4.78 is 53.9. The van der Waals surface area contributed by atoms with E-state index in [1.54, 1.807) is 0 Å². The maximum atomic E-state index is 12.8. The monoisotopic (exact) mass is 855 g/mol. The molecular weight excluding hydrogens is 777 g/mol. The maximum Gasteiger partial charge on any atom is 0.306 e. The van der Waals surface area contributed by atoms with Crippen LogP contribution >= 0.6 is 0 Å². The van der Waals surface area contributed by atoms with Crippen LogP contribution in [0.4, 0.5) is 0 Å². The van der Waals surface area contributed by atoms with Crippen molar-refractivity contribution in [1.29, 1.82) is 0 Å². The molecule has 0 saturated carbocycles. The second-order valence-electron chi connectivity index (χ2n) is 15.4. The molecule has 1 saturated heterocycles. The quantitative estimate of drug-likeness (QED) is 0.0203. The van der Waals surface area contributed by atoms with Crippen molar-refractivity contribution < 1.29 is 56.8 Å². The Balaban J connectivity index is 2.51. The standard InChI is InChI=1S/C46H78O12S/c1-3-5-7-9-11-13-15-17-19-20-21-23-25-27-29-31-33-35-42(48)57-39(37-56-46-45(51)44(50)43(49)40(58-46)38-59(52,53)54)36-55-41(47)34-32-30-28-26-24-22-18-16-14-12-10-8-6-4-2/h10,12,16-19,21,23,27,29,39-40,43-46,49-51H,3-9,11,13-15,20,22,24-26,28,30-38H2,1-2H3,(H,52,53,54)/b12-10+,18-16+,19-17+,23-21+,29-27+/t39-,40-,43-,44?,45?,46+/m1/s1. The third kappa shape index (κ3) is 30.9. The summed E-state index contributed by atoms with van der Waals surface area (Å²) >= 11 is 0. The fraction of sp³-hybridized carbons (Fsp3) is 0.739. The van der Waals surface area contributed by atoms with Gasteiger partial charge >= 0.3 is 11.9 Å². The maximum absolute atomic E-state index is 12.8. The number of carbonyl (C=O) groups excluding carboxylic acids is 2. The average Bonchev–Trinajstić information content (AvgIpc) is 3.20. The van der Waals surface area contributed by atoms with Gasteiger partial charge in [0.15, 0.2) is 12.4 Å². The van der Waals surface area contributed by atoms with Crippen LogP contribution in [0, 0.1) is 0 Å². The van der Waals surface area contributed by atoms with E-state index >= 15 is 0 Å². The third-order valence-electron chi connectivity index (χ3n) is 9.82. The Bertz CT molecular complexity index is 1320. The lowest BCUT2D eigenvalue weighted by atomic mass is 10.00. The molecule has 0 radical (unpaired) electrons. The molecule has 0 aromatic carbocycles. The minimum atomic E-state index is -4.61. The number of hydrogen-bond acceptors (Lipinski definition) is 11. The van der Waals surface area contributed by atoms with Gasteiger partial charge in [-0.1, -0.05) is 139 Å². The van der Waals surface area contributed by atoms with E-state index in [0.29, 0.717) is 19.3 Å². The fourth-order valence-corrected chi connectivity index (χ4v) is 6.99. The first-order chi connectivity index (χ1) is 28.5. The molecule has 1 aliphatic heterocycles. The van der Waals surface area contributed by atoms with Crippen LogP contribution in [0.25, 0.3) is 0 Å². The Morgan fingerprint density at radius 1 is 0.576 bits per heavy atom. The third-order valence-corrected chi connectivity index (χ3v) is 10.6. The minimum Gasteiger partial charge on any atom is -0.462 e. The van der Waals surface area contributed by atoms with Gasteiger partial charge in [0.1, 0.15) is 36.8 Å². The minimum absolute atomic E-state index is 0.0871. The van der Waals surface area contributed by atoms with E-state index in [9.17, 15) is 37.9 Å². The topological polar surface area (TPSA) is 186 Å². The zero-order chi connectivity index (χ0) is 43.4. The van der Waals surface area contributed by atoms with E-state index in [1.807, 2.05) is 12.2 Å². The summed E-state index contributed by atoms with van der Waals surface area (Å²) in [5.41, 5.74) is 0. The summed E-state index contributed by atoms with van der Waals surface area (Å²) in [4.78, 5) is 25.4. The van der Waals surface area contributed by atoms with Gasteiger partial charge in [-0.05, 0) is 70.6 Å². The van der Waals surface area contributed by atoms with E-state index in [-0.39, 0.29) is 19.4 Å². The van der Waals surface area contributed by atoms with Crippen LogP contribution in [-0.4, -0.2) is 96.0 Å². The van der Waals surface area contributed by atoms with Crippen molar-refractivity contribution in [2.45, 2.75) is 198 Å². The molecule has 2 unspecified atom stereocenters. The molecular formula is C46H78O12S. The molecule has 59 heavy (non-hydrogen) atoms. The average molecular weight is 855 g/mol. The van der Waals surface area contributed by atoms with Crippen LogP contribution in [-0.2, 0) is 38.7 Å². The van der Waals surface area contributed by atoms with Crippen molar-refractivity contribution in [3.63, 3.8) is 0 Å². The molecule has 13 heteroatoms. The molecule has 0 bridgehead atoms. The Morgan fingerprint density at radius 2 is 1.05 bits per heavy atom. The first-order valence-corrected chi connectivity index (χ1v) is 24.0. The summed E-state index contributed by atoms with van der Waals surface area (Å²) in [7, 11) is -4.61. The zero-order valence-corrected chi connectivity index (χ0v) is 36.9. The number of ether oxygens (including phenoxy) is 4. The van der Waals surface area contributed by atoms with Gasteiger partial charge in [-0.15, -0.1) is 0 Å². The molecule has 0 aromatic rings. The van der Waals surface area contributed by atoms with Crippen LogP contribution in [0.15, 0.2) is 60.8 Å². The van der Waals surface area contributed by atoms with Gasteiger partial charge in [-0.2, -0.15) is 8.42 Å². The van der Waals surface area contributed by atoms with Crippen LogP contribution in [0.1, 0.15) is 162 Å². The molecule has 0 aliphatic carbocycles. The Labute approximate surface area is 355 Å². The second kappa shape index (κ2) is 36.0. The summed E-state index contributed by atoms with van der Waals surface area (Å²) in [6.07, 6.45) is 34.1. The molecule has 1 heterocycles. The van der Waals surface area contributed by atoms with Gasteiger partial charge in [0.05, 0.1) is 6.61 Å². The number of esters is 2. The molecule has 1 fully saturated rings. The summed E-state index contributed by atoms with van der Waals surface area (Å²) in [5, 5.41) is 30.8.